The Morgan fingerprint density at radius 2 is 2.36 bits per heavy atom. The Bertz CT molecular complexity index is 766. The van der Waals surface area contributed by atoms with E-state index < -0.39 is 0 Å². The fraction of sp³-hybridized carbons (Fsp3) is 0.353. The summed E-state index contributed by atoms with van der Waals surface area (Å²) in [4.78, 5) is 4.66. The van der Waals surface area contributed by atoms with Crippen LogP contribution in [0.25, 0.3) is 10.2 Å². The van der Waals surface area contributed by atoms with Gasteiger partial charge in [0.2, 0.25) is 0 Å². The highest BCUT2D eigenvalue weighted by Crippen LogP contribution is 2.47. The Kier molecular flexibility index (Phi) is 3.60. The van der Waals surface area contributed by atoms with Gasteiger partial charge in [-0.3, -0.25) is 0 Å². The minimum absolute atomic E-state index is 0.599. The molecule has 1 saturated carbocycles. The molecule has 1 aromatic carbocycles. The van der Waals surface area contributed by atoms with Crippen molar-refractivity contribution < 1.29 is 9.15 Å². The number of methoxy groups -OCH3 is 1. The molecule has 0 amide bonds. The Hall–Kier alpha value is -1.85. The van der Waals surface area contributed by atoms with E-state index in [0.29, 0.717) is 11.8 Å². The van der Waals surface area contributed by atoms with E-state index >= 15 is 0 Å². The van der Waals surface area contributed by atoms with Gasteiger partial charge in [-0.2, -0.15) is 0 Å². The van der Waals surface area contributed by atoms with Gasteiger partial charge in [0.1, 0.15) is 16.5 Å². The third kappa shape index (κ3) is 2.74. The van der Waals surface area contributed by atoms with E-state index in [0.717, 1.165) is 35.1 Å². The van der Waals surface area contributed by atoms with Crippen LogP contribution in [0.4, 0.5) is 0 Å². The van der Waals surface area contributed by atoms with Crippen LogP contribution in [0.3, 0.4) is 0 Å². The van der Waals surface area contributed by atoms with Crippen LogP contribution in [-0.2, 0) is 6.54 Å². The maximum atomic E-state index is 5.46. The first-order valence-electron chi connectivity index (χ1n) is 7.51. The van der Waals surface area contributed by atoms with Crippen molar-refractivity contribution in [2.24, 2.45) is 5.92 Å². The lowest BCUT2D eigenvalue weighted by Gasteiger charge is -2.00. The molecule has 0 radical (unpaired) electrons. The molecule has 1 aliphatic carbocycles. The van der Waals surface area contributed by atoms with Crippen molar-refractivity contribution in [3.8, 4) is 5.75 Å². The number of benzene rings is 1. The molecule has 22 heavy (non-hydrogen) atoms. The number of rotatable bonds is 6. The molecular weight excluding hydrogens is 296 g/mol. The number of furan rings is 1. The summed E-state index contributed by atoms with van der Waals surface area (Å²) in [6, 6.07) is 10.1. The van der Waals surface area contributed by atoms with Crippen LogP contribution in [0.15, 0.2) is 41.0 Å². The molecule has 1 aliphatic rings. The Morgan fingerprint density at radius 1 is 1.41 bits per heavy atom. The third-order valence-electron chi connectivity index (χ3n) is 4.15. The molecule has 2 heterocycles. The standard InChI is InChI=1S/C17H18N2O2S/c1-20-12-4-5-14-16(8-12)22-17(19-14)10-18-9-11-7-13(11)15-3-2-6-21-15/h2-6,8,11,13,18H,7,9-10H2,1H3/t11-,13+/m0/s1. The second-order valence-electron chi connectivity index (χ2n) is 5.69. The van der Waals surface area contributed by atoms with Crippen LogP contribution < -0.4 is 10.1 Å². The summed E-state index contributed by atoms with van der Waals surface area (Å²) in [5.41, 5.74) is 1.04. The number of ether oxygens (including phenoxy) is 1. The molecule has 0 spiro atoms. The van der Waals surface area contributed by atoms with Crippen molar-refractivity contribution in [2.75, 3.05) is 13.7 Å². The number of fused-ring (bicyclic) bond motifs is 1. The molecule has 4 rings (SSSR count). The van der Waals surface area contributed by atoms with E-state index in [9.17, 15) is 0 Å². The summed E-state index contributed by atoms with van der Waals surface area (Å²) in [5, 5.41) is 4.64. The largest absolute Gasteiger partial charge is 0.497 e. The van der Waals surface area contributed by atoms with E-state index in [1.807, 2.05) is 24.3 Å². The smallest absolute Gasteiger partial charge is 0.120 e. The van der Waals surface area contributed by atoms with E-state index in [4.69, 9.17) is 9.15 Å². The molecule has 0 saturated heterocycles. The van der Waals surface area contributed by atoms with Gasteiger partial charge >= 0.3 is 0 Å². The van der Waals surface area contributed by atoms with Crippen molar-refractivity contribution >= 4 is 21.6 Å². The SMILES string of the molecule is COc1ccc2nc(CNC[C@@H]3C[C@H]3c3ccco3)sc2c1. The lowest BCUT2D eigenvalue weighted by Crippen LogP contribution is -2.16. The number of aromatic nitrogens is 1. The van der Waals surface area contributed by atoms with Crippen molar-refractivity contribution in [1.29, 1.82) is 0 Å². The summed E-state index contributed by atoms with van der Waals surface area (Å²) in [6.07, 6.45) is 2.98. The molecule has 2 atom stereocenters. The highest BCUT2D eigenvalue weighted by molar-refractivity contribution is 7.18. The Morgan fingerprint density at radius 3 is 3.18 bits per heavy atom. The second-order valence-corrected chi connectivity index (χ2v) is 6.81. The first kappa shape index (κ1) is 13.8. The Balaban J connectivity index is 1.33. The van der Waals surface area contributed by atoms with E-state index in [1.165, 1.54) is 11.1 Å². The minimum Gasteiger partial charge on any atom is -0.497 e. The average molecular weight is 314 g/mol. The van der Waals surface area contributed by atoms with Gasteiger partial charge < -0.3 is 14.5 Å². The summed E-state index contributed by atoms with van der Waals surface area (Å²) in [5.74, 6) is 3.30. The molecule has 2 aromatic heterocycles. The van der Waals surface area contributed by atoms with Gasteiger partial charge in [-0.25, -0.2) is 4.98 Å². The molecule has 4 nitrogen and oxygen atoms in total. The van der Waals surface area contributed by atoms with Crippen LogP contribution in [0.2, 0.25) is 0 Å². The summed E-state index contributed by atoms with van der Waals surface area (Å²) in [6.45, 7) is 1.84. The topological polar surface area (TPSA) is 47.3 Å². The minimum atomic E-state index is 0.599. The zero-order valence-corrected chi connectivity index (χ0v) is 13.2. The number of nitrogens with one attached hydrogen (secondary N) is 1. The first-order chi connectivity index (χ1) is 10.8. The van der Waals surface area contributed by atoms with Crippen molar-refractivity contribution in [1.82, 2.24) is 10.3 Å². The van der Waals surface area contributed by atoms with Gasteiger partial charge in [0.25, 0.3) is 0 Å². The van der Waals surface area contributed by atoms with Gasteiger partial charge in [-0.05, 0) is 49.2 Å². The van der Waals surface area contributed by atoms with Crippen LogP contribution in [-0.4, -0.2) is 18.6 Å². The van der Waals surface area contributed by atoms with E-state index in [1.54, 1.807) is 24.7 Å². The Labute approximate surface area is 133 Å². The zero-order valence-electron chi connectivity index (χ0n) is 12.4. The highest BCUT2D eigenvalue weighted by atomic mass is 32.1. The number of thiazole rings is 1. The van der Waals surface area contributed by atoms with Crippen molar-refractivity contribution in [3.05, 3.63) is 47.4 Å². The molecule has 1 fully saturated rings. The number of hydrogen-bond acceptors (Lipinski definition) is 5. The molecule has 0 unspecified atom stereocenters. The lowest BCUT2D eigenvalue weighted by atomic mass is 10.2. The van der Waals surface area contributed by atoms with Crippen LogP contribution in [0.1, 0.15) is 23.1 Å². The van der Waals surface area contributed by atoms with Crippen molar-refractivity contribution in [2.45, 2.75) is 18.9 Å². The maximum Gasteiger partial charge on any atom is 0.120 e. The zero-order chi connectivity index (χ0) is 14.9. The van der Waals surface area contributed by atoms with Crippen LogP contribution in [0.5, 0.6) is 5.75 Å². The van der Waals surface area contributed by atoms with Crippen LogP contribution >= 0.6 is 11.3 Å². The third-order valence-corrected chi connectivity index (χ3v) is 5.17. The molecule has 0 aliphatic heterocycles. The molecule has 3 aromatic rings. The van der Waals surface area contributed by atoms with Crippen LogP contribution in [0, 0.1) is 5.92 Å². The highest BCUT2D eigenvalue weighted by Gasteiger charge is 2.39. The normalized spacial score (nSPS) is 20.4. The summed E-state index contributed by atoms with van der Waals surface area (Å²) in [7, 11) is 1.69. The molecule has 0 bridgehead atoms. The van der Waals surface area contributed by atoms with Gasteiger partial charge in [0, 0.05) is 12.5 Å². The average Bonchev–Trinajstić information content (AvgIpc) is 2.97. The number of hydrogen-bond donors (Lipinski definition) is 1. The number of nitrogens with zero attached hydrogens (tertiary/aromatic N) is 1. The quantitative estimate of drug-likeness (QED) is 0.752. The predicted octanol–water partition coefficient (Wildman–Crippen LogP) is 3.79. The van der Waals surface area contributed by atoms with E-state index in [2.05, 4.69) is 16.4 Å². The molecule has 5 heteroatoms. The maximum absolute atomic E-state index is 5.46. The van der Waals surface area contributed by atoms with Gasteiger partial charge in [-0.1, -0.05) is 0 Å². The summed E-state index contributed by atoms with van der Waals surface area (Å²) >= 11 is 1.73. The molecule has 114 valence electrons. The van der Waals surface area contributed by atoms with Gasteiger partial charge in [-0.15, -0.1) is 11.3 Å². The van der Waals surface area contributed by atoms with E-state index in [-0.39, 0.29) is 0 Å². The fourth-order valence-electron chi connectivity index (χ4n) is 2.84. The second kappa shape index (κ2) is 5.74. The van der Waals surface area contributed by atoms with Gasteiger partial charge in [0.05, 0.1) is 23.6 Å². The van der Waals surface area contributed by atoms with Gasteiger partial charge in [0.15, 0.2) is 0 Å². The predicted molar refractivity (Wildman–Crippen MR) is 87.4 cm³/mol. The fourth-order valence-corrected chi connectivity index (χ4v) is 3.81. The first-order valence-corrected chi connectivity index (χ1v) is 8.32. The monoisotopic (exact) mass is 314 g/mol. The summed E-state index contributed by atoms with van der Waals surface area (Å²) < 4.78 is 11.9. The van der Waals surface area contributed by atoms with Crippen molar-refractivity contribution in [3.63, 3.8) is 0 Å². The lowest BCUT2D eigenvalue weighted by molar-refractivity contribution is 0.415. The molecule has 1 N–H and O–H groups in total. The molecular formula is C17H18N2O2S.